The number of aromatic nitrogens is 1. The second kappa shape index (κ2) is 34.8. The van der Waals surface area contributed by atoms with Gasteiger partial charge in [0.1, 0.15) is 22.8 Å². The van der Waals surface area contributed by atoms with Gasteiger partial charge in [-0.15, -0.1) is 23.1 Å². The Morgan fingerprint density at radius 3 is 2.14 bits per heavy atom. The number of aryl methyl sites for hydroxylation is 1. The number of allylic oxidation sites excluding steroid dienone is 1. The second-order valence-corrected chi connectivity index (χ2v) is 35.8. The topological polar surface area (TPSA) is 251 Å². The summed E-state index contributed by atoms with van der Waals surface area (Å²) >= 11 is 9.02. The Bertz CT molecular complexity index is 4380. The van der Waals surface area contributed by atoms with Gasteiger partial charge in [0.25, 0.3) is 25.8 Å². The van der Waals surface area contributed by atoms with E-state index in [2.05, 4.69) is 49.5 Å². The Hall–Kier alpha value is -7.44. The van der Waals surface area contributed by atoms with Crippen molar-refractivity contribution in [2.45, 2.75) is 163 Å². The molecule has 2 unspecified atom stereocenters. The minimum absolute atomic E-state index is 0.0439. The predicted molar refractivity (Wildman–Crippen MR) is 407 cm³/mol. The number of sulfone groups is 1. The molecular weight excluding hydrogens is 1460 g/mol. The third-order valence-corrected chi connectivity index (χ3v) is 25.5. The normalized spacial score (nSPS) is 18.6. The van der Waals surface area contributed by atoms with E-state index in [1.165, 1.54) is 40.4 Å². The lowest BCUT2D eigenvalue weighted by Gasteiger charge is -2.39. The number of hydrogen-bond donors (Lipinski definition) is 5. The molecule has 20 nitrogen and oxygen atoms in total. The number of alkyl halides is 3. The molecule has 1 aromatic heterocycles. The SMILES string of the molecule is Cc1ncsc1-c1ccc([C@H](C)NC(=O)[C@@H]2C[C@@H](O)CN2C(=O)C(NC(=O)CCCCCC(=O)N2CCN(CCC(CSc3ccccc3)Nc3ccc(S(=O)(=O)NC(=O)c4ccc(N5CCN(CC6=C(c7ccc(Cl)cc7F)CCC(C)(C)C6)CC5)cc4)cc3S(=O)(=O)C(F)(F)F)CC2)C(C)(C)C)cc1. The Kier molecular flexibility index (Phi) is 26.7. The number of unbranched alkanes of at least 4 members (excludes halogenated alkanes) is 2. The van der Waals surface area contributed by atoms with Gasteiger partial charge in [-0.1, -0.05) is 107 Å². The van der Waals surface area contributed by atoms with Gasteiger partial charge in [0.15, 0.2) is 0 Å². The number of anilines is 2. The fraction of sp³-hybridized carbons (Fsp3) is 0.481. The lowest BCUT2D eigenvalue weighted by molar-refractivity contribution is -0.144. The molecule has 0 radical (unpaired) electrons. The molecule has 5 atom stereocenters. The van der Waals surface area contributed by atoms with Gasteiger partial charge in [-0.25, -0.2) is 30.9 Å². The summed E-state index contributed by atoms with van der Waals surface area (Å²) in [5, 5.41) is 20.0. The molecule has 5 aromatic carbocycles. The number of nitrogens with one attached hydrogen (secondary N) is 4. The molecule has 10 rings (SSSR count). The molecule has 3 aliphatic heterocycles. The number of thiazole rings is 1. The highest BCUT2D eigenvalue weighted by Crippen LogP contribution is 2.44. The number of piperazine rings is 2. The number of aliphatic hydroxyl groups excluding tert-OH is 1. The Labute approximate surface area is 632 Å². The largest absolute Gasteiger partial charge is 0.501 e. The van der Waals surface area contributed by atoms with Gasteiger partial charge in [0, 0.05) is 130 Å². The first-order chi connectivity index (χ1) is 50.1. The number of likely N-dealkylation sites (tertiary alicyclic amines) is 1. The smallest absolute Gasteiger partial charge is 0.391 e. The van der Waals surface area contributed by atoms with Crippen molar-refractivity contribution in [2.75, 3.05) is 88.0 Å². The van der Waals surface area contributed by atoms with Crippen LogP contribution < -0.4 is 25.6 Å². The maximum Gasteiger partial charge on any atom is 0.501 e. The first kappa shape index (κ1) is 81.1. The molecule has 0 spiro atoms. The minimum Gasteiger partial charge on any atom is -0.391 e. The van der Waals surface area contributed by atoms with Crippen molar-refractivity contribution in [1.82, 2.24) is 39.9 Å². The molecule has 6 aromatic rings. The number of sulfonamides is 1. The third kappa shape index (κ3) is 20.9. The Morgan fingerprint density at radius 1 is 0.811 bits per heavy atom. The quantitative estimate of drug-likeness (QED) is 0.0174. The minimum atomic E-state index is -6.20. The van der Waals surface area contributed by atoms with Crippen LogP contribution in [0.1, 0.15) is 139 Å². The summed E-state index contributed by atoms with van der Waals surface area (Å²) in [6.07, 6.45) is 3.71. The predicted octanol–water partition coefficient (Wildman–Crippen LogP) is 12.5. The molecule has 0 bridgehead atoms. The number of thioether (sulfide) groups is 1. The maximum atomic E-state index is 15.2. The van der Waals surface area contributed by atoms with Crippen LogP contribution in [0.4, 0.5) is 28.9 Å². The van der Waals surface area contributed by atoms with Crippen LogP contribution >= 0.6 is 34.7 Å². The highest BCUT2D eigenvalue weighted by molar-refractivity contribution is 7.99. The molecule has 1 aliphatic carbocycles. The summed E-state index contributed by atoms with van der Waals surface area (Å²) in [4.78, 5) is 82.4. The van der Waals surface area contributed by atoms with E-state index in [4.69, 9.17) is 11.6 Å². The molecule has 106 heavy (non-hydrogen) atoms. The molecule has 5 amide bonds. The molecule has 3 saturated heterocycles. The van der Waals surface area contributed by atoms with E-state index < -0.39 is 94.3 Å². The standard InChI is InChI=1S/C77H95ClF4N10O10S4/c1-50(52-18-20-53(21-19-52)70-51(2)83-49-104-70)84-73(97)66-43-59(93)47-92(66)74(98)71(75(3,4)5)86-68(94)16-12-9-13-17-69(95)91-40-34-88(35-41-91)33-31-57(48-103-60-14-10-8-11-15-60)85-65-29-27-61(44-67(65)105(99,100)77(80,81)82)106(101,102)87-72(96)54-22-25-58(26-23-54)90-38-36-89(37-39-90)46-55-45-76(6,7)32-30-62(55)63-28-24-56(78)42-64(63)79/h8,10-11,14-15,18-29,42,44,49-50,57,59,66,71,85,93H,9,12-13,16-17,30-41,43,45-48H2,1-7H3,(H,84,97)(H,86,94)(H,87,96)/t50-,57?,59+,66-,71?/m0/s1. The average Bonchev–Trinajstić information content (AvgIpc) is 0.929. The van der Waals surface area contributed by atoms with Gasteiger partial charge in [-0.2, -0.15) is 13.2 Å². The van der Waals surface area contributed by atoms with Crippen molar-refractivity contribution in [2.24, 2.45) is 10.8 Å². The number of carbonyl (C=O) groups excluding carboxylic acids is 5. The number of halogens is 5. The highest BCUT2D eigenvalue weighted by atomic mass is 35.5. The summed E-state index contributed by atoms with van der Waals surface area (Å²) in [5.41, 5.74) is 1.05. The number of aliphatic hydroxyl groups is 1. The van der Waals surface area contributed by atoms with Crippen LogP contribution in [0.25, 0.3) is 16.0 Å². The van der Waals surface area contributed by atoms with Crippen molar-refractivity contribution in [3.8, 4) is 10.4 Å². The molecule has 0 saturated carbocycles. The number of benzene rings is 5. The molecular formula is C77H95ClF4N10O10S4. The zero-order valence-corrected chi connectivity index (χ0v) is 64.8. The summed E-state index contributed by atoms with van der Waals surface area (Å²) in [6, 6.07) is 27.3. The monoisotopic (exact) mass is 1560 g/mol. The van der Waals surface area contributed by atoms with E-state index in [1.54, 1.807) is 46.0 Å². The number of β-amino-alcohol motifs (C(OH)–C–C–N with tert-alkyl or cyclic N) is 1. The van der Waals surface area contributed by atoms with Crippen LogP contribution in [0, 0.1) is 23.6 Å². The van der Waals surface area contributed by atoms with Crippen LogP contribution in [-0.2, 0) is 39.0 Å². The molecule has 4 heterocycles. The fourth-order valence-electron chi connectivity index (χ4n) is 14.1. The van der Waals surface area contributed by atoms with Crippen LogP contribution in [0.3, 0.4) is 0 Å². The molecule has 29 heteroatoms. The number of rotatable bonds is 28. The number of nitrogens with zero attached hydrogens (tertiary/aromatic N) is 6. The van der Waals surface area contributed by atoms with Gasteiger partial charge in [0.05, 0.1) is 38.8 Å². The fourth-order valence-corrected chi connectivity index (χ4v) is 18.1. The first-order valence-corrected chi connectivity index (χ1v) is 41.1. The van der Waals surface area contributed by atoms with Crippen molar-refractivity contribution in [3.05, 3.63) is 160 Å². The lowest BCUT2D eigenvalue weighted by Crippen LogP contribution is -2.57. The Morgan fingerprint density at radius 2 is 1.49 bits per heavy atom. The molecule has 3 fully saturated rings. The van der Waals surface area contributed by atoms with E-state index in [1.807, 2.05) is 93.9 Å². The molecule has 572 valence electrons. The van der Waals surface area contributed by atoms with Crippen LogP contribution in [-0.4, -0.2) is 184 Å². The summed E-state index contributed by atoms with van der Waals surface area (Å²) in [5.74, 6) is -2.50. The van der Waals surface area contributed by atoms with Crippen molar-refractivity contribution in [1.29, 1.82) is 0 Å². The zero-order valence-electron chi connectivity index (χ0n) is 60.8. The van der Waals surface area contributed by atoms with Crippen molar-refractivity contribution >= 4 is 101 Å². The third-order valence-electron chi connectivity index (χ3n) is 20.2. The van der Waals surface area contributed by atoms with Gasteiger partial charge in [0.2, 0.25) is 23.6 Å². The molecule has 5 N–H and O–H groups in total. The van der Waals surface area contributed by atoms with Crippen LogP contribution in [0.15, 0.2) is 141 Å². The van der Waals surface area contributed by atoms with E-state index in [-0.39, 0.29) is 60.2 Å². The number of amides is 5. The average molecular weight is 1560 g/mol. The lowest BCUT2D eigenvalue weighted by atomic mass is 9.72. The van der Waals surface area contributed by atoms with Gasteiger partial charge >= 0.3 is 5.51 Å². The summed E-state index contributed by atoms with van der Waals surface area (Å²) < 4.78 is 116. The maximum absolute atomic E-state index is 15.2. The van der Waals surface area contributed by atoms with Gasteiger partial charge in [-0.05, 0) is 147 Å². The van der Waals surface area contributed by atoms with E-state index in [0.717, 1.165) is 69.2 Å². The van der Waals surface area contributed by atoms with Crippen molar-refractivity contribution in [3.63, 3.8) is 0 Å². The molecule has 4 aliphatic rings. The summed E-state index contributed by atoms with van der Waals surface area (Å²) in [7, 11) is -11.2. The van der Waals surface area contributed by atoms with Crippen molar-refractivity contribution < 1.29 is 63.5 Å². The summed E-state index contributed by atoms with van der Waals surface area (Å²) in [6.45, 7) is 19.0. The van der Waals surface area contributed by atoms with E-state index >= 15 is 4.39 Å². The van der Waals surface area contributed by atoms with E-state index in [9.17, 15) is 59.1 Å². The van der Waals surface area contributed by atoms with Crippen LogP contribution in [0.2, 0.25) is 5.02 Å². The van der Waals surface area contributed by atoms with Gasteiger partial charge in [-0.3, -0.25) is 33.8 Å². The number of hydrogen-bond acceptors (Lipinski definition) is 17. The highest BCUT2D eigenvalue weighted by Gasteiger charge is 2.49. The van der Waals surface area contributed by atoms with Gasteiger partial charge < -0.3 is 35.8 Å². The second-order valence-electron chi connectivity index (χ2n) is 29.8. The van der Waals surface area contributed by atoms with E-state index in [0.29, 0.717) is 108 Å². The zero-order chi connectivity index (χ0) is 76.5. The number of carbonyl (C=O) groups is 5. The Balaban J connectivity index is 0.692. The van der Waals surface area contributed by atoms with Crippen LogP contribution in [0.5, 0.6) is 0 Å². The first-order valence-electron chi connectivity index (χ1n) is 35.9.